The van der Waals surface area contributed by atoms with Crippen molar-refractivity contribution in [3.8, 4) is 23.0 Å². The van der Waals surface area contributed by atoms with Crippen LogP contribution in [0.5, 0.6) is 11.5 Å². The standard InChI is InChI=1S/C26H30N3O4SSi/c1-5-34(30,31)22-12-9-20(10-13-22)33-21-11-14-25-24(18-21)28-26(23-8-6-7-15-27-23)29(25)19-32-16-17-35(2,3)4/h6-10,12-15,18H,5,16-17,19H2,1-4H3. The van der Waals surface area contributed by atoms with Crippen molar-refractivity contribution in [2.24, 2.45) is 0 Å². The van der Waals surface area contributed by atoms with Gasteiger partial charge in [0.15, 0.2) is 15.7 Å². The molecule has 0 aliphatic heterocycles. The molecule has 7 nitrogen and oxygen atoms in total. The third-order valence-corrected chi connectivity index (χ3v) is 9.01. The van der Waals surface area contributed by atoms with Crippen LogP contribution in [0.3, 0.4) is 0 Å². The summed E-state index contributed by atoms with van der Waals surface area (Å²) >= 11 is 0. The predicted molar refractivity (Wildman–Crippen MR) is 140 cm³/mol. The van der Waals surface area contributed by atoms with E-state index in [0.717, 1.165) is 22.8 Å². The van der Waals surface area contributed by atoms with Crippen molar-refractivity contribution >= 4 is 28.9 Å². The molecule has 0 atom stereocenters. The summed E-state index contributed by atoms with van der Waals surface area (Å²) in [7, 11) is -4.44. The molecule has 0 saturated heterocycles. The van der Waals surface area contributed by atoms with Crippen molar-refractivity contribution in [1.29, 1.82) is 0 Å². The van der Waals surface area contributed by atoms with Gasteiger partial charge in [0.05, 0.1) is 21.7 Å². The summed E-state index contributed by atoms with van der Waals surface area (Å²) in [5.41, 5.74) is 2.36. The number of rotatable bonds is 10. The third kappa shape index (κ3) is 6.16. The lowest BCUT2D eigenvalue weighted by Crippen LogP contribution is -2.22. The molecule has 4 rings (SSSR count). The lowest BCUT2D eigenvalue weighted by Gasteiger charge is -2.16. The SMILES string of the molecule is CCS(=O)(=O)c1ccc(Oc2[c]cc3c(c2)nc(-c2ccccn2)n3COCC[Si](C)(C)C)cc1. The first-order valence-electron chi connectivity index (χ1n) is 11.6. The molecule has 9 heteroatoms. The van der Waals surface area contributed by atoms with Gasteiger partial charge in [0.25, 0.3) is 0 Å². The molecule has 0 aliphatic rings. The van der Waals surface area contributed by atoms with Gasteiger partial charge in [0, 0.05) is 33.0 Å². The minimum absolute atomic E-state index is 0.0563. The Balaban J connectivity index is 1.61. The maximum atomic E-state index is 12.0. The van der Waals surface area contributed by atoms with Gasteiger partial charge in [-0.25, -0.2) is 13.4 Å². The summed E-state index contributed by atoms with van der Waals surface area (Å²) in [4.78, 5) is 9.57. The van der Waals surface area contributed by atoms with Crippen molar-refractivity contribution in [3.63, 3.8) is 0 Å². The van der Waals surface area contributed by atoms with E-state index in [2.05, 4.69) is 30.7 Å². The lowest BCUT2D eigenvalue weighted by molar-refractivity contribution is 0.0909. The summed E-state index contributed by atoms with van der Waals surface area (Å²) in [6.07, 6.45) is 1.74. The van der Waals surface area contributed by atoms with E-state index in [1.54, 1.807) is 37.4 Å². The molecule has 0 N–H and O–H groups in total. The second-order valence-corrected chi connectivity index (χ2v) is 17.4. The predicted octanol–water partition coefficient (Wildman–Crippen LogP) is 5.80. The average Bonchev–Trinajstić information content (AvgIpc) is 3.20. The molecule has 183 valence electrons. The van der Waals surface area contributed by atoms with E-state index in [1.165, 1.54) is 0 Å². The van der Waals surface area contributed by atoms with Gasteiger partial charge in [-0.2, -0.15) is 0 Å². The molecule has 1 radical (unpaired) electrons. The van der Waals surface area contributed by atoms with Gasteiger partial charge in [-0.3, -0.25) is 9.55 Å². The molecular formula is C26H30N3O4SSi. The van der Waals surface area contributed by atoms with Crippen LogP contribution in [0.4, 0.5) is 0 Å². The summed E-state index contributed by atoms with van der Waals surface area (Å²) in [6.45, 7) is 9.68. The van der Waals surface area contributed by atoms with Gasteiger partial charge in [0.2, 0.25) is 0 Å². The zero-order valence-electron chi connectivity index (χ0n) is 20.5. The van der Waals surface area contributed by atoms with E-state index in [1.807, 2.05) is 34.9 Å². The number of hydrogen-bond acceptors (Lipinski definition) is 6. The molecule has 2 heterocycles. The summed E-state index contributed by atoms with van der Waals surface area (Å²) < 4.78 is 38.1. The van der Waals surface area contributed by atoms with Gasteiger partial charge in [-0.1, -0.05) is 32.6 Å². The minimum atomic E-state index is -3.25. The average molecular weight is 509 g/mol. The highest BCUT2D eigenvalue weighted by molar-refractivity contribution is 7.91. The molecule has 0 spiro atoms. The van der Waals surface area contributed by atoms with Crippen molar-refractivity contribution in [1.82, 2.24) is 14.5 Å². The second kappa shape index (κ2) is 10.3. The van der Waals surface area contributed by atoms with Crippen molar-refractivity contribution in [2.75, 3.05) is 12.4 Å². The van der Waals surface area contributed by atoms with Crippen LogP contribution in [0.1, 0.15) is 6.92 Å². The van der Waals surface area contributed by atoms with Gasteiger partial charge < -0.3 is 9.47 Å². The molecule has 2 aromatic carbocycles. The van der Waals surface area contributed by atoms with E-state index < -0.39 is 17.9 Å². The van der Waals surface area contributed by atoms with Crippen LogP contribution in [-0.4, -0.2) is 43.4 Å². The Labute approximate surface area is 207 Å². The summed E-state index contributed by atoms with van der Waals surface area (Å²) in [5, 5.41) is 0. The molecule has 0 amide bonds. The smallest absolute Gasteiger partial charge is 0.178 e. The molecule has 0 aliphatic carbocycles. The number of ether oxygens (including phenoxy) is 2. The molecular weight excluding hydrogens is 478 g/mol. The van der Waals surface area contributed by atoms with Gasteiger partial charge >= 0.3 is 0 Å². The van der Waals surface area contributed by atoms with Gasteiger partial charge in [-0.05, 0) is 48.5 Å². The summed E-state index contributed by atoms with van der Waals surface area (Å²) in [5.74, 6) is 1.78. The Bertz CT molecular complexity index is 1400. The molecule has 0 fully saturated rings. The quantitative estimate of drug-likeness (QED) is 0.199. The van der Waals surface area contributed by atoms with E-state index in [9.17, 15) is 8.42 Å². The highest BCUT2D eigenvalue weighted by atomic mass is 32.2. The number of fused-ring (bicyclic) bond motifs is 1. The van der Waals surface area contributed by atoms with E-state index in [0.29, 0.717) is 30.7 Å². The van der Waals surface area contributed by atoms with Gasteiger partial charge in [0.1, 0.15) is 23.9 Å². The number of benzene rings is 2. The Morgan fingerprint density at radius 2 is 1.86 bits per heavy atom. The number of sulfone groups is 1. The maximum absolute atomic E-state index is 12.0. The normalized spacial score (nSPS) is 12.2. The van der Waals surface area contributed by atoms with Crippen LogP contribution in [0, 0.1) is 6.07 Å². The van der Waals surface area contributed by atoms with Crippen LogP contribution in [0.25, 0.3) is 22.6 Å². The third-order valence-electron chi connectivity index (χ3n) is 5.56. The fourth-order valence-corrected chi connectivity index (χ4v) is 5.11. The van der Waals surface area contributed by atoms with Gasteiger partial charge in [-0.15, -0.1) is 0 Å². The van der Waals surface area contributed by atoms with E-state index >= 15 is 0 Å². The Morgan fingerprint density at radius 1 is 1.09 bits per heavy atom. The zero-order chi connectivity index (χ0) is 25.1. The topological polar surface area (TPSA) is 83.3 Å². The maximum Gasteiger partial charge on any atom is 0.178 e. The van der Waals surface area contributed by atoms with Crippen molar-refractivity contribution in [3.05, 3.63) is 66.9 Å². The number of pyridine rings is 1. The van der Waals surface area contributed by atoms with E-state index in [-0.39, 0.29) is 10.6 Å². The molecule has 0 bridgehead atoms. The van der Waals surface area contributed by atoms with Crippen LogP contribution in [0.15, 0.2) is 65.7 Å². The van der Waals surface area contributed by atoms with Crippen molar-refractivity contribution in [2.45, 2.75) is 44.2 Å². The Hall–Kier alpha value is -3.01. The highest BCUT2D eigenvalue weighted by Gasteiger charge is 2.17. The monoisotopic (exact) mass is 508 g/mol. The summed E-state index contributed by atoms with van der Waals surface area (Å²) in [6, 6.07) is 20.0. The Kier molecular flexibility index (Phi) is 7.39. The van der Waals surface area contributed by atoms with Crippen LogP contribution < -0.4 is 4.74 Å². The number of hydrogen-bond donors (Lipinski definition) is 0. The second-order valence-electron chi connectivity index (χ2n) is 9.47. The fraction of sp³-hybridized carbons (Fsp3) is 0.308. The number of aromatic nitrogens is 3. The molecule has 4 aromatic rings. The largest absolute Gasteiger partial charge is 0.457 e. The van der Waals surface area contributed by atoms with Crippen LogP contribution in [-0.2, 0) is 21.3 Å². The van der Waals surface area contributed by atoms with Crippen molar-refractivity contribution < 1.29 is 17.9 Å². The zero-order valence-corrected chi connectivity index (χ0v) is 22.3. The molecule has 0 unspecified atom stereocenters. The molecule has 0 saturated carbocycles. The Morgan fingerprint density at radius 3 is 2.51 bits per heavy atom. The number of imidazole rings is 1. The first-order valence-corrected chi connectivity index (χ1v) is 16.9. The molecule has 35 heavy (non-hydrogen) atoms. The van der Waals surface area contributed by atoms with Crippen LogP contribution >= 0.6 is 0 Å². The van der Waals surface area contributed by atoms with Crippen LogP contribution in [0.2, 0.25) is 25.7 Å². The fourth-order valence-electron chi connectivity index (χ4n) is 3.47. The first kappa shape index (κ1) is 25.1. The lowest BCUT2D eigenvalue weighted by atomic mass is 10.3. The first-order chi connectivity index (χ1) is 16.7. The minimum Gasteiger partial charge on any atom is -0.457 e. The van der Waals surface area contributed by atoms with E-state index in [4.69, 9.17) is 14.5 Å². The highest BCUT2D eigenvalue weighted by Crippen LogP contribution is 2.29. The number of nitrogens with zero attached hydrogens (tertiary/aromatic N) is 3. The molecule has 2 aromatic heterocycles.